The highest BCUT2D eigenvalue weighted by atomic mass is 79.9. The Hall–Kier alpha value is -1.70. The lowest BCUT2D eigenvalue weighted by Crippen LogP contribution is -2.54. The minimum Gasteiger partial charge on any atom is -0.409 e. The number of nitrogens with zero attached hydrogens (tertiary/aromatic N) is 1. The van der Waals surface area contributed by atoms with Crippen LogP contribution in [0.4, 0.5) is 14.5 Å². The molecule has 4 N–H and O–H groups in total. The summed E-state index contributed by atoms with van der Waals surface area (Å²) in [6.45, 7) is 1.92. The highest BCUT2D eigenvalue weighted by molar-refractivity contribution is 9.10. The van der Waals surface area contributed by atoms with Gasteiger partial charge in [0.05, 0.1) is 5.69 Å². The van der Waals surface area contributed by atoms with Crippen molar-refractivity contribution in [2.45, 2.75) is 19.8 Å². The van der Waals surface area contributed by atoms with E-state index in [1.165, 1.54) is 0 Å². The number of carbonyl (C=O) groups is 1. The van der Waals surface area contributed by atoms with Gasteiger partial charge in [0, 0.05) is 10.5 Å². The van der Waals surface area contributed by atoms with Crippen LogP contribution in [0.5, 0.6) is 0 Å². The highest BCUT2D eigenvalue weighted by Crippen LogP contribution is 2.46. The third-order valence-corrected chi connectivity index (χ3v) is 4.30. The zero-order valence-electron chi connectivity index (χ0n) is 11.2. The van der Waals surface area contributed by atoms with E-state index in [4.69, 9.17) is 10.9 Å². The molecule has 0 unspecified atom stereocenters. The van der Waals surface area contributed by atoms with Crippen LogP contribution >= 0.6 is 15.9 Å². The number of amidine groups is 1. The van der Waals surface area contributed by atoms with Gasteiger partial charge in [-0.2, -0.15) is 0 Å². The molecule has 1 fully saturated rings. The Morgan fingerprint density at radius 2 is 2.14 bits per heavy atom. The van der Waals surface area contributed by atoms with E-state index in [0.29, 0.717) is 18.9 Å². The number of hydrogen-bond donors (Lipinski definition) is 3. The van der Waals surface area contributed by atoms with Gasteiger partial charge in [-0.15, -0.1) is 0 Å². The monoisotopic (exact) mass is 361 g/mol. The molecule has 0 saturated heterocycles. The van der Waals surface area contributed by atoms with Crippen molar-refractivity contribution in [2.75, 3.05) is 5.32 Å². The Morgan fingerprint density at radius 1 is 1.52 bits per heavy atom. The SMILES string of the molecule is CC1CC(C(=O)Nc2c(F)cc(F)cc2Br)(C(N)=NO)C1. The molecule has 1 aliphatic rings. The summed E-state index contributed by atoms with van der Waals surface area (Å²) in [5.41, 5.74) is 4.27. The molecule has 0 bridgehead atoms. The van der Waals surface area contributed by atoms with E-state index >= 15 is 0 Å². The first-order chi connectivity index (χ1) is 9.80. The Balaban J connectivity index is 2.29. The van der Waals surface area contributed by atoms with Crippen LogP contribution in [0, 0.1) is 23.0 Å². The summed E-state index contributed by atoms with van der Waals surface area (Å²) in [5.74, 6) is -2.23. The first kappa shape index (κ1) is 15.7. The minimum atomic E-state index is -1.16. The minimum absolute atomic E-state index is 0.0791. The van der Waals surface area contributed by atoms with Gasteiger partial charge in [-0.25, -0.2) is 8.78 Å². The Morgan fingerprint density at radius 3 is 2.62 bits per heavy atom. The summed E-state index contributed by atoms with van der Waals surface area (Å²) in [6.07, 6.45) is 0.796. The Kier molecular flexibility index (Phi) is 4.18. The third-order valence-electron chi connectivity index (χ3n) is 3.67. The van der Waals surface area contributed by atoms with Crippen molar-refractivity contribution in [2.24, 2.45) is 22.2 Å². The summed E-state index contributed by atoms with van der Waals surface area (Å²) < 4.78 is 26.9. The topological polar surface area (TPSA) is 87.7 Å². The van der Waals surface area contributed by atoms with Crippen LogP contribution in [0.3, 0.4) is 0 Å². The maximum Gasteiger partial charge on any atom is 0.238 e. The number of nitrogens with two attached hydrogens (primary N) is 1. The zero-order chi connectivity index (χ0) is 15.8. The summed E-state index contributed by atoms with van der Waals surface area (Å²) in [4.78, 5) is 12.4. The van der Waals surface area contributed by atoms with Crippen LogP contribution in [-0.4, -0.2) is 17.0 Å². The zero-order valence-corrected chi connectivity index (χ0v) is 12.7. The predicted molar refractivity (Wildman–Crippen MR) is 76.9 cm³/mol. The van der Waals surface area contributed by atoms with Gasteiger partial charge < -0.3 is 16.3 Å². The molecule has 21 heavy (non-hydrogen) atoms. The summed E-state index contributed by atoms with van der Waals surface area (Å²) in [7, 11) is 0. The molecule has 0 aliphatic heterocycles. The predicted octanol–water partition coefficient (Wildman–Crippen LogP) is 2.83. The van der Waals surface area contributed by atoms with Crippen LogP contribution in [0.1, 0.15) is 19.8 Å². The molecule has 1 amide bonds. The molecule has 1 aliphatic carbocycles. The second kappa shape index (κ2) is 5.59. The molecule has 0 radical (unpaired) electrons. The summed E-state index contributed by atoms with van der Waals surface area (Å²) >= 11 is 2.99. The standard InChI is InChI=1S/C13H14BrF2N3O2/c1-6-4-13(5-6,11(17)19-21)12(20)18-10-8(14)2-7(15)3-9(10)16/h2-3,6,21H,4-5H2,1H3,(H2,17,19)(H,18,20). The number of carbonyl (C=O) groups excluding carboxylic acids is 1. The fourth-order valence-electron chi connectivity index (χ4n) is 2.63. The number of benzene rings is 1. The van der Waals surface area contributed by atoms with E-state index in [1.54, 1.807) is 0 Å². The van der Waals surface area contributed by atoms with Gasteiger partial charge in [0.1, 0.15) is 11.2 Å². The number of nitrogens with one attached hydrogen (secondary N) is 1. The lowest BCUT2D eigenvalue weighted by molar-refractivity contribution is -0.127. The quantitative estimate of drug-likeness (QED) is 0.334. The fourth-order valence-corrected chi connectivity index (χ4v) is 3.14. The van der Waals surface area contributed by atoms with E-state index in [-0.39, 0.29) is 21.9 Å². The molecule has 2 rings (SSSR count). The lowest BCUT2D eigenvalue weighted by atomic mass is 9.61. The number of rotatable bonds is 3. The van der Waals surface area contributed by atoms with Gasteiger partial charge in [-0.3, -0.25) is 4.79 Å². The number of anilines is 1. The van der Waals surface area contributed by atoms with Crippen LogP contribution in [0.15, 0.2) is 21.8 Å². The lowest BCUT2D eigenvalue weighted by Gasteiger charge is -2.43. The van der Waals surface area contributed by atoms with Gasteiger partial charge in [0.25, 0.3) is 0 Å². The molecule has 0 spiro atoms. The van der Waals surface area contributed by atoms with Crippen LogP contribution in [0.25, 0.3) is 0 Å². The number of hydrogen-bond acceptors (Lipinski definition) is 3. The number of halogens is 3. The molecule has 1 saturated carbocycles. The average Bonchev–Trinajstić information content (AvgIpc) is 2.37. The van der Waals surface area contributed by atoms with Gasteiger partial charge >= 0.3 is 0 Å². The molecule has 114 valence electrons. The fraction of sp³-hybridized carbons (Fsp3) is 0.385. The van der Waals surface area contributed by atoms with E-state index in [0.717, 1.165) is 6.07 Å². The smallest absolute Gasteiger partial charge is 0.238 e. The Labute approximate surface area is 128 Å². The van der Waals surface area contributed by atoms with Crippen molar-refractivity contribution < 1.29 is 18.8 Å². The van der Waals surface area contributed by atoms with Crippen LogP contribution < -0.4 is 11.1 Å². The van der Waals surface area contributed by atoms with Gasteiger partial charge in [-0.1, -0.05) is 12.1 Å². The van der Waals surface area contributed by atoms with Crippen molar-refractivity contribution in [3.05, 3.63) is 28.2 Å². The Bertz CT molecular complexity index is 592. The van der Waals surface area contributed by atoms with Crippen LogP contribution in [0.2, 0.25) is 0 Å². The molecule has 8 heteroatoms. The molecular weight excluding hydrogens is 348 g/mol. The second-order valence-corrected chi connectivity index (χ2v) is 6.13. The molecule has 0 heterocycles. The summed E-state index contributed by atoms with van der Waals surface area (Å²) in [5, 5.41) is 14.1. The number of amides is 1. The molecular formula is C13H14BrF2N3O2. The molecule has 0 aromatic heterocycles. The number of oxime groups is 1. The van der Waals surface area contributed by atoms with Crippen molar-refractivity contribution >= 4 is 33.4 Å². The van der Waals surface area contributed by atoms with Crippen molar-refractivity contribution in [1.82, 2.24) is 0 Å². The first-order valence-corrected chi connectivity index (χ1v) is 7.03. The molecule has 0 atom stereocenters. The van der Waals surface area contributed by atoms with Crippen LogP contribution in [-0.2, 0) is 4.79 Å². The first-order valence-electron chi connectivity index (χ1n) is 6.24. The van der Waals surface area contributed by atoms with Crippen molar-refractivity contribution in [3.63, 3.8) is 0 Å². The normalized spacial score (nSPS) is 25.3. The molecule has 1 aromatic carbocycles. The largest absolute Gasteiger partial charge is 0.409 e. The second-order valence-electron chi connectivity index (χ2n) is 5.28. The van der Waals surface area contributed by atoms with Crippen molar-refractivity contribution in [1.29, 1.82) is 0 Å². The highest BCUT2D eigenvalue weighted by Gasteiger charge is 2.52. The van der Waals surface area contributed by atoms with E-state index in [1.807, 2.05) is 6.92 Å². The van der Waals surface area contributed by atoms with Gasteiger partial charge in [-0.05, 0) is 40.8 Å². The van der Waals surface area contributed by atoms with Crippen molar-refractivity contribution in [3.8, 4) is 0 Å². The maximum atomic E-state index is 13.7. The maximum absolute atomic E-state index is 13.7. The van der Waals surface area contributed by atoms with E-state index in [9.17, 15) is 13.6 Å². The summed E-state index contributed by atoms with van der Waals surface area (Å²) in [6, 6.07) is 1.71. The molecule has 5 nitrogen and oxygen atoms in total. The molecule has 1 aromatic rings. The average molecular weight is 362 g/mol. The van der Waals surface area contributed by atoms with E-state index in [2.05, 4.69) is 26.4 Å². The third kappa shape index (κ3) is 2.72. The van der Waals surface area contributed by atoms with E-state index < -0.39 is 23.0 Å². The van der Waals surface area contributed by atoms with Gasteiger partial charge in [0.15, 0.2) is 11.7 Å². The van der Waals surface area contributed by atoms with Gasteiger partial charge in [0.2, 0.25) is 5.91 Å².